The van der Waals surface area contributed by atoms with Crippen LogP contribution in [-0.2, 0) is 16.0 Å². The van der Waals surface area contributed by atoms with Gasteiger partial charge in [0.05, 0.1) is 11.1 Å². The van der Waals surface area contributed by atoms with E-state index < -0.39 is 11.4 Å². The average molecular weight is 386 g/mol. The molecule has 1 heterocycles. The van der Waals surface area contributed by atoms with Crippen molar-refractivity contribution in [2.24, 2.45) is 0 Å². The number of carboxylic acids is 1. The van der Waals surface area contributed by atoms with Crippen molar-refractivity contribution >= 4 is 29.3 Å². The third kappa shape index (κ3) is 3.37. The van der Waals surface area contributed by atoms with E-state index in [0.717, 1.165) is 34.6 Å². The van der Waals surface area contributed by atoms with Gasteiger partial charge in [-0.1, -0.05) is 28.9 Å². The summed E-state index contributed by atoms with van der Waals surface area (Å²) in [6.07, 6.45) is 1.45. The van der Waals surface area contributed by atoms with Crippen molar-refractivity contribution in [3.63, 3.8) is 0 Å². The molecule has 1 aliphatic carbocycles. The van der Waals surface area contributed by atoms with E-state index >= 15 is 0 Å². The maximum atomic E-state index is 11.4. The average Bonchev–Trinajstić information content (AvgIpc) is 3.34. The van der Waals surface area contributed by atoms with Crippen molar-refractivity contribution in [2.75, 3.05) is 0 Å². The monoisotopic (exact) mass is 385 g/mol. The molecule has 26 heavy (non-hydrogen) atoms. The van der Waals surface area contributed by atoms with E-state index in [2.05, 4.69) is 5.16 Å². The van der Waals surface area contributed by atoms with Gasteiger partial charge in [-0.3, -0.25) is 4.79 Å². The highest BCUT2D eigenvalue weighted by atomic mass is 35.5. The zero-order valence-corrected chi connectivity index (χ0v) is 15.4. The second-order valence-corrected chi connectivity index (χ2v) is 7.87. The van der Waals surface area contributed by atoms with Gasteiger partial charge in [-0.2, -0.15) is 0 Å². The molecule has 1 aromatic heterocycles. The second-order valence-electron chi connectivity index (χ2n) is 6.39. The second kappa shape index (κ2) is 6.82. The van der Waals surface area contributed by atoms with Gasteiger partial charge in [0.2, 0.25) is 0 Å². The number of nitrogens with zero attached hydrogens (tertiary/aromatic N) is 1. The van der Waals surface area contributed by atoms with Crippen LogP contribution in [0.1, 0.15) is 24.1 Å². The summed E-state index contributed by atoms with van der Waals surface area (Å²) in [7, 11) is 0. The molecule has 1 fully saturated rings. The minimum atomic E-state index is -0.727. The number of rotatable bonds is 6. The first kappa shape index (κ1) is 17.2. The molecule has 0 aliphatic heterocycles. The normalized spacial score (nSPS) is 15.0. The first-order valence-electron chi connectivity index (χ1n) is 8.25. The Morgan fingerprint density at radius 1 is 1.15 bits per heavy atom. The molecule has 0 amide bonds. The van der Waals surface area contributed by atoms with Crippen LogP contribution in [0.2, 0.25) is 5.02 Å². The molecule has 0 radical (unpaired) electrons. The highest BCUT2D eigenvalue weighted by molar-refractivity contribution is 7.98. The molecule has 1 saturated carbocycles. The topological polar surface area (TPSA) is 63.3 Å². The Morgan fingerprint density at radius 2 is 1.85 bits per heavy atom. The van der Waals surface area contributed by atoms with E-state index in [9.17, 15) is 9.90 Å². The van der Waals surface area contributed by atoms with Gasteiger partial charge in [0.15, 0.2) is 5.76 Å². The molecule has 4 nitrogen and oxygen atoms in total. The lowest BCUT2D eigenvalue weighted by Gasteiger charge is -2.10. The summed E-state index contributed by atoms with van der Waals surface area (Å²) in [5.41, 5.74) is 2.03. The summed E-state index contributed by atoms with van der Waals surface area (Å²) in [6.45, 7) is 0. The van der Waals surface area contributed by atoms with Gasteiger partial charge >= 0.3 is 5.97 Å². The predicted octanol–water partition coefficient (Wildman–Crippen LogP) is 5.40. The first-order valence-corrected chi connectivity index (χ1v) is 9.61. The van der Waals surface area contributed by atoms with Crippen molar-refractivity contribution in [3.05, 3.63) is 70.9 Å². The zero-order chi connectivity index (χ0) is 18.1. The lowest BCUT2D eigenvalue weighted by atomic mass is 9.96. The van der Waals surface area contributed by atoms with Gasteiger partial charge < -0.3 is 9.63 Å². The summed E-state index contributed by atoms with van der Waals surface area (Å²) >= 11 is 7.54. The maximum absolute atomic E-state index is 11.4. The Kier molecular flexibility index (Phi) is 4.51. The lowest BCUT2D eigenvalue weighted by Crippen LogP contribution is -2.19. The van der Waals surface area contributed by atoms with E-state index in [1.54, 1.807) is 11.8 Å². The molecule has 0 bridgehead atoms. The summed E-state index contributed by atoms with van der Waals surface area (Å²) < 4.78 is 5.41. The predicted molar refractivity (Wildman–Crippen MR) is 101 cm³/mol. The number of hydrogen-bond donors (Lipinski definition) is 1. The van der Waals surface area contributed by atoms with Gasteiger partial charge in [-0.25, -0.2) is 0 Å². The molecule has 6 heteroatoms. The quantitative estimate of drug-likeness (QED) is 0.575. The van der Waals surface area contributed by atoms with Gasteiger partial charge in [0, 0.05) is 27.3 Å². The highest BCUT2D eigenvalue weighted by Crippen LogP contribution is 2.48. The van der Waals surface area contributed by atoms with Gasteiger partial charge in [-0.05, 0) is 54.8 Å². The van der Waals surface area contributed by atoms with Crippen LogP contribution in [0.4, 0.5) is 0 Å². The molecule has 1 aliphatic rings. The molecule has 1 N–H and O–H groups in total. The number of aliphatic carboxylic acids is 1. The minimum absolute atomic E-state index is 0.650. The molecule has 132 valence electrons. The number of halogens is 1. The van der Waals surface area contributed by atoms with Crippen LogP contribution in [0, 0.1) is 0 Å². The zero-order valence-electron chi connectivity index (χ0n) is 13.8. The Labute approximate surface area is 160 Å². The number of carboxylic acid groups (broad SMARTS) is 1. The summed E-state index contributed by atoms with van der Waals surface area (Å²) in [6, 6.07) is 17.2. The maximum Gasteiger partial charge on any atom is 0.314 e. The van der Waals surface area contributed by atoms with Crippen LogP contribution in [-0.4, -0.2) is 16.2 Å². The van der Waals surface area contributed by atoms with Crippen LogP contribution in [0.3, 0.4) is 0 Å². The first-order chi connectivity index (χ1) is 12.6. The largest absolute Gasteiger partial charge is 0.481 e. The molecule has 0 atom stereocenters. The summed E-state index contributed by atoms with van der Waals surface area (Å²) in [5, 5.41) is 14.2. The van der Waals surface area contributed by atoms with E-state index in [4.69, 9.17) is 16.1 Å². The van der Waals surface area contributed by atoms with Crippen molar-refractivity contribution in [1.29, 1.82) is 0 Å². The number of carbonyl (C=O) groups is 1. The number of hydrogen-bond acceptors (Lipinski definition) is 4. The number of thioether (sulfide) groups is 1. The van der Waals surface area contributed by atoms with Crippen molar-refractivity contribution in [3.8, 4) is 11.3 Å². The molecular weight excluding hydrogens is 370 g/mol. The minimum Gasteiger partial charge on any atom is -0.481 e. The van der Waals surface area contributed by atoms with Crippen LogP contribution >= 0.6 is 23.4 Å². The van der Waals surface area contributed by atoms with Gasteiger partial charge in [0.25, 0.3) is 0 Å². The third-order valence-corrected chi connectivity index (χ3v) is 5.94. The smallest absolute Gasteiger partial charge is 0.314 e. The fraction of sp³-hybridized carbons (Fsp3) is 0.200. The molecule has 0 unspecified atom stereocenters. The SMILES string of the molecule is O=C(O)C1(c2ccc(SCc3cc(-c4ccc(Cl)cc4)on3)cc2)CC1. The number of benzene rings is 2. The van der Waals surface area contributed by atoms with Crippen LogP contribution in [0.15, 0.2) is 64.0 Å². The Morgan fingerprint density at radius 3 is 2.46 bits per heavy atom. The summed E-state index contributed by atoms with van der Waals surface area (Å²) in [5.74, 6) is 0.667. The van der Waals surface area contributed by atoms with Crippen molar-refractivity contribution in [2.45, 2.75) is 28.9 Å². The highest BCUT2D eigenvalue weighted by Gasteiger charge is 2.51. The van der Waals surface area contributed by atoms with E-state index in [1.165, 1.54) is 0 Å². The van der Waals surface area contributed by atoms with Crippen molar-refractivity contribution in [1.82, 2.24) is 5.16 Å². The van der Waals surface area contributed by atoms with Gasteiger partial charge in [-0.15, -0.1) is 11.8 Å². The Balaban J connectivity index is 1.40. The standard InChI is InChI=1S/C20H16ClNO3S/c21-15-5-1-13(2-6-15)18-11-16(22-25-18)12-26-17-7-3-14(4-8-17)20(9-10-20)19(23)24/h1-8,11H,9-10,12H2,(H,23,24). The summed E-state index contributed by atoms with van der Waals surface area (Å²) in [4.78, 5) is 12.5. The molecule has 0 saturated heterocycles. The van der Waals surface area contributed by atoms with Crippen LogP contribution in [0.5, 0.6) is 0 Å². The third-order valence-electron chi connectivity index (χ3n) is 4.64. The molecule has 4 rings (SSSR count). The Hall–Kier alpha value is -2.24. The molecule has 3 aromatic rings. The van der Waals surface area contributed by atoms with E-state index in [0.29, 0.717) is 16.5 Å². The van der Waals surface area contributed by atoms with Crippen LogP contribution < -0.4 is 0 Å². The van der Waals surface area contributed by atoms with Crippen LogP contribution in [0.25, 0.3) is 11.3 Å². The number of aromatic nitrogens is 1. The fourth-order valence-electron chi connectivity index (χ4n) is 2.91. The molecule has 2 aromatic carbocycles. The molecule has 0 spiro atoms. The molecular formula is C20H16ClNO3S. The fourth-order valence-corrected chi connectivity index (χ4v) is 3.81. The van der Waals surface area contributed by atoms with Crippen molar-refractivity contribution < 1.29 is 14.4 Å². The lowest BCUT2D eigenvalue weighted by molar-refractivity contribution is -0.140. The van der Waals surface area contributed by atoms with Gasteiger partial charge in [0.1, 0.15) is 0 Å². The van der Waals surface area contributed by atoms with E-state index in [-0.39, 0.29) is 0 Å². The Bertz CT molecular complexity index is 930. The van der Waals surface area contributed by atoms with E-state index in [1.807, 2.05) is 54.6 Å².